The first-order valence-corrected chi connectivity index (χ1v) is 7.98. The topological polar surface area (TPSA) is 54.5 Å². The number of nitrogens with one attached hydrogen (secondary N) is 1. The van der Waals surface area contributed by atoms with Gasteiger partial charge in [-0.2, -0.15) is 0 Å². The second-order valence-electron chi connectivity index (χ2n) is 5.25. The number of hydrogen-bond donors (Lipinski definition) is 1. The third-order valence-corrected chi connectivity index (χ3v) is 4.75. The molecule has 0 atom stereocenters. The number of nitrogens with zero attached hydrogens (tertiary/aromatic N) is 2. The van der Waals surface area contributed by atoms with Crippen LogP contribution in [0.4, 0.5) is 0 Å². The van der Waals surface area contributed by atoms with Crippen LogP contribution < -0.4 is 5.32 Å². The number of methoxy groups -OCH3 is 1. The van der Waals surface area contributed by atoms with E-state index in [9.17, 15) is 4.79 Å². The monoisotopic (exact) mass is 297 g/mol. The minimum atomic E-state index is 0.0202. The molecule has 6 heteroatoms. The Labute approximate surface area is 124 Å². The molecule has 5 nitrogen and oxygen atoms in total. The lowest BCUT2D eigenvalue weighted by molar-refractivity contribution is 0.0929. The van der Waals surface area contributed by atoms with Gasteiger partial charge < -0.3 is 15.0 Å². The molecule has 1 aromatic heterocycles. The van der Waals surface area contributed by atoms with Gasteiger partial charge in [-0.25, -0.2) is 4.98 Å². The summed E-state index contributed by atoms with van der Waals surface area (Å²) in [6.07, 6.45) is 2.29. The first-order chi connectivity index (χ1) is 9.70. The maximum absolute atomic E-state index is 12.0. The Morgan fingerprint density at radius 3 is 2.90 bits per heavy atom. The number of hydrogen-bond acceptors (Lipinski definition) is 5. The van der Waals surface area contributed by atoms with Crippen molar-refractivity contribution in [3.63, 3.8) is 0 Å². The van der Waals surface area contributed by atoms with Gasteiger partial charge in [-0.3, -0.25) is 4.79 Å². The van der Waals surface area contributed by atoms with Gasteiger partial charge in [0.15, 0.2) is 0 Å². The maximum Gasteiger partial charge on any atom is 0.263 e. The first-order valence-electron chi connectivity index (χ1n) is 7.10. The minimum absolute atomic E-state index is 0.0202. The normalized spacial score (nSPS) is 17.3. The fourth-order valence-corrected chi connectivity index (χ4v) is 3.19. The molecule has 0 bridgehead atoms. The molecule has 1 fully saturated rings. The van der Waals surface area contributed by atoms with E-state index < -0.39 is 0 Å². The summed E-state index contributed by atoms with van der Waals surface area (Å²) >= 11 is 1.41. The minimum Gasteiger partial charge on any atom is -0.383 e. The standard InChI is InChI=1S/C14H23N3O2S/c1-11-13(20-10-16-11)14(18)15-9-12-3-5-17(6-4-12)7-8-19-2/h10,12H,3-9H2,1-2H3,(H,15,18). The third-order valence-electron chi connectivity index (χ3n) is 3.82. The summed E-state index contributed by atoms with van der Waals surface area (Å²) < 4.78 is 5.10. The van der Waals surface area contributed by atoms with Crippen molar-refractivity contribution in [2.45, 2.75) is 19.8 Å². The molecule has 0 aliphatic carbocycles. The van der Waals surface area contributed by atoms with E-state index in [-0.39, 0.29) is 5.91 Å². The van der Waals surface area contributed by atoms with Gasteiger partial charge in [-0.05, 0) is 38.8 Å². The largest absolute Gasteiger partial charge is 0.383 e. The molecule has 1 N–H and O–H groups in total. The van der Waals surface area contributed by atoms with Crippen LogP contribution in [0.3, 0.4) is 0 Å². The van der Waals surface area contributed by atoms with Crippen LogP contribution >= 0.6 is 11.3 Å². The predicted molar refractivity (Wildman–Crippen MR) is 80.2 cm³/mol. The third kappa shape index (κ3) is 4.26. The Morgan fingerprint density at radius 1 is 1.55 bits per heavy atom. The van der Waals surface area contributed by atoms with Crippen molar-refractivity contribution < 1.29 is 9.53 Å². The van der Waals surface area contributed by atoms with Gasteiger partial charge in [-0.1, -0.05) is 0 Å². The molecular weight excluding hydrogens is 274 g/mol. The number of aryl methyl sites for hydroxylation is 1. The Balaban J connectivity index is 1.68. The summed E-state index contributed by atoms with van der Waals surface area (Å²) in [5, 5.41) is 3.04. The second kappa shape index (κ2) is 7.71. The molecule has 0 spiro atoms. The van der Waals surface area contributed by atoms with Crippen LogP contribution in [0.15, 0.2) is 5.51 Å². The lowest BCUT2D eigenvalue weighted by atomic mass is 9.97. The number of piperidine rings is 1. The number of thiazole rings is 1. The molecule has 1 amide bonds. The number of carbonyl (C=O) groups is 1. The van der Waals surface area contributed by atoms with Crippen molar-refractivity contribution >= 4 is 17.2 Å². The zero-order valence-corrected chi connectivity index (χ0v) is 13.0. The van der Waals surface area contributed by atoms with E-state index in [2.05, 4.69) is 15.2 Å². The van der Waals surface area contributed by atoms with Crippen molar-refractivity contribution in [2.24, 2.45) is 5.92 Å². The van der Waals surface area contributed by atoms with Crippen molar-refractivity contribution in [3.05, 3.63) is 16.1 Å². The Kier molecular flexibility index (Phi) is 5.94. The second-order valence-corrected chi connectivity index (χ2v) is 6.11. The molecule has 20 heavy (non-hydrogen) atoms. The molecule has 1 aliphatic heterocycles. The zero-order valence-electron chi connectivity index (χ0n) is 12.2. The van der Waals surface area contributed by atoms with E-state index in [0.717, 1.165) is 56.2 Å². The SMILES string of the molecule is COCCN1CCC(CNC(=O)c2scnc2C)CC1. The van der Waals surface area contributed by atoms with Crippen molar-refractivity contribution in [1.82, 2.24) is 15.2 Å². The summed E-state index contributed by atoms with van der Waals surface area (Å²) in [5.74, 6) is 0.609. The van der Waals surface area contributed by atoms with Crippen molar-refractivity contribution in [3.8, 4) is 0 Å². The van der Waals surface area contributed by atoms with Crippen LogP contribution in [0.1, 0.15) is 28.2 Å². The van der Waals surface area contributed by atoms with Crippen LogP contribution in [0.5, 0.6) is 0 Å². The Bertz CT molecular complexity index is 428. The van der Waals surface area contributed by atoms with Gasteiger partial charge in [0.1, 0.15) is 4.88 Å². The van der Waals surface area contributed by atoms with Gasteiger partial charge in [-0.15, -0.1) is 11.3 Å². The van der Waals surface area contributed by atoms with E-state index in [0.29, 0.717) is 5.92 Å². The highest BCUT2D eigenvalue weighted by atomic mass is 32.1. The maximum atomic E-state index is 12.0. The highest BCUT2D eigenvalue weighted by molar-refractivity contribution is 7.11. The smallest absolute Gasteiger partial charge is 0.263 e. The highest BCUT2D eigenvalue weighted by Crippen LogP contribution is 2.17. The van der Waals surface area contributed by atoms with Gasteiger partial charge in [0.25, 0.3) is 5.91 Å². The number of aromatic nitrogens is 1. The van der Waals surface area contributed by atoms with Crippen LogP contribution in [0.25, 0.3) is 0 Å². The quantitative estimate of drug-likeness (QED) is 0.865. The van der Waals surface area contributed by atoms with Crippen LogP contribution in [-0.4, -0.2) is 55.7 Å². The van der Waals surface area contributed by atoms with E-state index >= 15 is 0 Å². The lowest BCUT2D eigenvalue weighted by Crippen LogP contribution is -2.39. The summed E-state index contributed by atoms with van der Waals surface area (Å²) in [5.41, 5.74) is 2.54. The summed E-state index contributed by atoms with van der Waals surface area (Å²) in [6, 6.07) is 0. The summed E-state index contributed by atoms with van der Waals surface area (Å²) in [7, 11) is 1.74. The van der Waals surface area contributed by atoms with Crippen LogP contribution in [0, 0.1) is 12.8 Å². The van der Waals surface area contributed by atoms with E-state index in [1.165, 1.54) is 11.3 Å². The summed E-state index contributed by atoms with van der Waals surface area (Å²) in [4.78, 5) is 19.3. The van der Waals surface area contributed by atoms with E-state index in [1.807, 2.05) is 6.92 Å². The molecule has 1 saturated heterocycles. The highest BCUT2D eigenvalue weighted by Gasteiger charge is 2.20. The van der Waals surface area contributed by atoms with Gasteiger partial charge in [0, 0.05) is 20.2 Å². The molecule has 1 aromatic rings. The molecule has 0 saturated carbocycles. The van der Waals surface area contributed by atoms with Gasteiger partial charge in [0.05, 0.1) is 17.8 Å². The van der Waals surface area contributed by atoms with Gasteiger partial charge >= 0.3 is 0 Å². The zero-order chi connectivity index (χ0) is 14.4. The van der Waals surface area contributed by atoms with Crippen LogP contribution in [-0.2, 0) is 4.74 Å². The van der Waals surface area contributed by atoms with Gasteiger partial charge in [0.2, 0.25) is 0 Å². The fraction of sp³-hybridized carbons (Fsp3) is 0.714. The summed E-state index contributed by atoms with van der Waals surface area (Å²) in [6.45, 7) is 6.66. The van der Waals surface area contributed by atoms with E-state index in [1.54, 1.807) is 12.6 Å². The number of carbonyl (C=O) groups excluding carboxylic acids is 1. The average Bonchev–Trinajstić information content (AvgIpc) is 2.90. The Hall–Kier alpha value is -0.980. The number of likely N-dealkylation sites (tertiary alicyclic amines) is 1. The molecule has 0 aromatic carbocycles. The molecular formula is C14H23N3O2S. The molecule has 112 valence electrons. The molecule has 2 heterocycles. The van der Waals surface area contributed by atoms with Crippen molar-refractivity contribution in [2.75, 3.05) is 39.9 Å². The lowest BCUT2D eigenvalue weighted by Gasteiger charge is -2.31. The number of rotatable bonds is 6. The van der Waals surface area contributed by atoms with Crippen molar-refractivity contribution in [1.29, 1.82) is 0 Å². The number of ether oxygens (including phenoxy) is 1. The molecule has 0 unspecified atom stereocenters. The molecule has 1 aliphatic rings. The predicted octanol–water partition coefficient (Wildman–Crippen LogP) is 1.54. The first kappa shape index (κ1) is 15.4. The molecule has 2 rings (SSSR count). The fourth-order valence-electron chi connectivity index (χ4n) is 2.47. The number of amides is 1. The Morgan fingerprint density at radius 2 is 2.30 bits per heavy atom. The van der Waals surface area contributed by atoms with Crippen LogP contribution in [0.2, 0.25) is 0 Å². The molecule has 0 radical (unpaired) electrons. The average molecular weight is 297 g/mol. The van der Waals surface area contributed by atoms with E-state index in [4.69, 9.17) is 4.74 Å².